The Balaban J connectivity index is 1.54. The van der Waals surface area contributed by atoms with Gasteiger partial charge in [0.15, 0.2) is 0 Å². The van der Waals surface area contributed by atoms with Gasteiger partial charge in [-0.1, -0.05) is 97.9 Å². The van der Waals surface area contributed by atoms with E-state index in [2.05, 4.69) is 137 Å². The van der Waals surface area contributed by atoms with Gasteiger partial charge in [0, 0.05) is 44.4 Å². The van der Waals surface area contributed by atoms with E-state index in [0.29, 0.717) is 0 Å². The van der Waals surface area contributed by atoms with Crippen LogP contribution in [0, 0.1) is 0 Å². The number of aromatic nitrogens is 2. The zero-order valence-electron chi connectivity index (χ0n) is 24.2. The summed E-state index contributed by atoms with van der Waals surface area (Å²) in [6, 6.07) is 27.3. The first-order valence-electron chi connectivity index (χ1n) is 14.2. The van der Waals surface area contributed by atoms with E-state index in [9.17, 15) is 0 Å². The van der Waals surface area contributed by atoms with Crippen LogP contribution in [0.15, 0.2) is 72.8 Å². The fourth-order valence-corrected chi connectivity index (χ4v) is 8.99. The van der Waals surface area contributed by atoms with Crippen molar-refractivity contribution in [3.05, 3.63) is 95.3 Å². The van der Waals surface area contributed by atoms with Gasteiger partial charge in [-0.05, 0) is 65.1 Å². The number of fused-ring (bicyclic) bond motifs is 6. The lowest BCUT2D eigenvalue weighted by Crippen LogP contribution is -2.21. The van der Waals surface area contributed by atoms with E-state index in [1.807, 2.05) is 0 Å². The van der Waals surface area contributed by atoms with Gasteiger partial charge >= 0.3 is 0 Å². The van der Waals surface area contributed by atoms with Crippen molar-refractivity contribution in [2.24, 2.45) is 0 Å². The Kier molecular flexibility index (Phi) is 4.53. The molecule has 0 unspecified atom stereocenters. The Hall–Kier alpha value is -3.26. The van der Waals surface area contributed by atoms with Crippen molar-refractivity contribution in [3.8, 4) is 11.4 Å². The third kappa shape index (κ3) is 3.01. The van der Waals surface area contributed by atoms with Crippen LogP contribution in [0.2, 0.25) is 0 Å². The van der Waals surface area contributed by atoms with Gasteiger partial charge in [0.05, 0.1) is 11.0 Å². The van der Waals surface area contributed by atoms with Crippen LogP contribution in [-0.4, -0.2) is 9.13 Å². The minimum absolute atomic E-state index is 0.0985. The lowest BCUT2D eigenvalue weighted by molar-refractivity contribution is 0.396. The van der Waals surface area contributed by atoms with Gasteiger partial charge in [-0.25, -0.2) is 0 Å². The highest BCUT2D eigenvalue weighted by Crippen LogP contribution is 2.55. The van der Waals surface area contributed by atoms with Gasteiger partial charge in [0.2, 0.25) is 0 Å². The normalized spacial score (nSPS) is 20.2. The standard InChI is InChI=1S/C36H40N2/c1-33(2)21-35(5,6)31-29(33)25-16-9-11-18-27(25)37(31)23-14-13-15-24(20-23)38-28-19-12-10-17-26(28)30-32(38)36(7,8)22-34(30,3)4/h9-20H,21-22H2,1-8H3. The molecule has 2 aliphatic carbocycles. The van der Waals surface area contributed by atoms with Crippen LogP contribution in [0.1, 0.15) is 90.7 Å². The van der Waals surface area contributed by atoms with Gasteiger partial charge in [-0.2, -0.15) is 0 Å². The largest absolute Gasteiger partial charge is 0.313 e. The maximum atomic E-state index is 2.57. The van der Waals surface area contributed by atoms with E-state index in [1.165, 1.54) is 55.7 Å². The molecule has 0 aliphatic heterocycles. The minimum atomic E-state index is 0.0985. The molecule has 38 heavy (non-hydrogen) atoms. The van der Waals surface area contributed by atoms with Gasteiger partial charge in [0.25, 0.3) is 0 Å². The summed E-state index contributed by atoms with van der Waals surface area (Å²) in [7, 11) is 0. The Bertz CT molecular complexity index is 1640. The molecule has 0 N–H and O–H groups in total. The highest BCUT2D eigenvalue weighted by atomic mass is 15.0. The number of hydrogen-bond acceptors (Lipinski definition) is 0. The molecule has 7 rings (SSSR count). The molecule has 0 radical (unpaired) electrons. The quantitative estimate of drug-likeness (QED) is 0.228. The van der Waals surface area contributed by atoms with Gasteiger partial charge in [-0.15, -0.1) is 0 Å². The smallest absolute Gasteiger partial charge is 0.0534 e. The van der Waals surface area contributed by atoms with Crippen LogP contribution in [0.5, 0.6) is 0 Å². The SMILES string of the molecule is CC1(C)CC(C)(C)c2c1c1ccccc1n2-c1cccc(-n2c3c(c4ccccc42)C(C)(C)CC3(C)C)c1. The van der Waals surface area contributed by atoms with E-state index in [0.717, 1.165) is 12.8 Å². The highest BCUT2D eigenvalue weighted by Gasteiger charge is 2.48. The first kappa shape index (κ1) is 23.8. The summed E-state index contributed by atoms with van der Waals surface area (Å²) in [4.78, 5) is 0. The van der Waals surface area contributed by atoms with Crippen LogP contribution in [0.25, 0.3) is 33.2 Å². The molecular weight excluding hydrogens is 460 g/mol. The molecule has 0 bridgehead atoms. The van der Waals surface area contributed by atoms with Crippen molar-refractivity contribution in [2.75, 3.05) is 0 Å². The monoisotopic (exact) mass is 500 g/mol. The van der Waals surface area contributed by atoms with E-state index in [-0.39, 0.29) is 21.7 Å². The van der Waals surface area contributed by atoms with Crippen molar-refractivity contribution in [1.82, 2.24) is 9.13 Å². The number of rotatable bonds is 2. The second-order valence-electron chi connectivity index (χ2n) is 14.6. The number of nitrogens with zero attached hydrogens (tertiary/aromatic N) is 2. The molecule has 0 atom stereocenters. The molecule has 0 saturated heterocycles. The molecule has 2 heterocycles. The van der Waals surface area contributed by atoms with Gasteiger partial charge in [-0.3, -0.25) is 0 Å². The Morgan fingerprint density at radius 2 is 0.868 bits per heavy atom. The lowest BCUT2D eigenvalue weighted by atomic mass is 9.81. The minimum Gasteiger partial charge on any atom is -0.313 e. The van der Waals surface area contributed by atoms with Gasteiger partial charge in [0.1, 0.15) is 0 Å². The maximum Gasteiger partial charge on any atom is 0.0534 e. The van der Waals surface area contributed by atoms with Crippen LogP contribution >= 0.6 is 0 Å². The molecule has 2 heteroatoms. The summed E-state index contributed by atoms with van der Waals surface area (Å²) in [5.41, 5.74) is 11.6. The van der Waals surface area contributed by atoms with Crippen molar-refractivity contribution >= 4 is 21.8 Å². The molecule has 0 amide bonds. The second kappa shape index (κ2) is 7.23. The van der Waals surface area contributed by atoms with E-state index in [1.54, 1.807) is 0 Å². The molecular formula is C36H40N2. The average Bonchev–Trinajstić information content (AvgIpc) is 3.48. The fraction of sp³-hybridized carbons (Fsp3) is 0.389. The van der Waals surface area contributed by atoms with Crippen molar-refractivity contribution < 1.29 is 0 Å². The molecule has 2 nitrogen and oxygen atoms in total. The Labute approximate surface area is 227 Å². The molecule has 194 valence electrons. The third-order valence-electron chi connectivity index (χ3n) is 9.50. The number of benzene rings is 3. The summed E-state index contributed by atoms with van der Waals surface area (Å²) in [5.74, 6) is 0. The van der Waals surface area contributed by atoms with Crippen molar-refractivity contribution in [2.45, 2.75) is 89.9 Å². The molecule has 0 spiro atoms. The van der Waals surface area contributed by atoms with E-state index in [4.69, 9.17) is 0 Å². The summed E-state index contributed by atoms with van der Waals surface area (Å²) in [6.07, 6.45) is 2.32. The summed E-state index contributed by atoms with van der Waals surface area (Å²) >= 11 is 0. The van der Waals surface area contributed by atoms with Crippen LogP contribution in [0.3, 0.4) is 0 Å². The van der Waals surface area contributed by atoms with Crippen molar-refractivity contribution in [1.29, 1.82) is 0 Å². The number of para-hydroxylation sites is 2. The third-order valence-corrected chi connectivity index (χ3v) is 9.50. The van der Waals surface area contributed by atoms with Crippen LogP contribution in [0.4, 0.5) is 0 Å². The maximum absolute atomic E-state index is 2.57. The summed E-state index contributed by atoms with van der Waals surface area (Å²) in [5, 5.41) is 2.80. The lowest BCUT2D eigenvalue weighted by Gasteiger charge is -2.27. The molecule has 0 fully saturated rings. The zero-order chi connectivity index (χ0) is 26.8. The summed E-state index contributed by atoms with van der Waals surface area (Å²) < 4.78 is 5.15. The molecule has 5 aromatic rings. The van der Waals surface area contributed by atoms with Gasteiger partial charge < -0.3 is 9.13 Å². The fourth-order valence-electron chi connectivity index (χ4n) is 8.99. The Morgan fingerprint density at radius 3 is 1.29 bits per heavy atom. The van der Waals surface area contributed by atoms with Crippen molar-refractivity contribution in [3.63, 3.8) is 0 Å². The van der Waals surface area contributed by atoms with E-state index >= 15 is 0 Å². The molecule has 3 aromatic carbocycles. The van der Waals surface area contributed by atoms with E-state index < -0.39 is 0 Å². The molecule has 2 aliphatic rings. The predicted octanol–water partition coefficient (Wildman–Crippen LogP) is 9.49. The second-order valence-corrected chi connectivity index (χ2v) is 14.6. The summed E-state index contributed by atoms with van der Waals surface area (Å²) in [6.45, 7) is 19.4. The number of hydrogen-bond donors (Lipinski definition) is 0. The average molecular weight is 501 g/mol. The highest BCUT2D eigenvalue weighted by molar-refractivity contribution is 5.91. The zero-order valence-corrected chi connectivity index (χ0v) is 24.2. The van der Waals surface area contributed by atoms with Crippen LogP contribution < -0.4 is 0 Å². The predicted molar refractivity (Wildman–Crippen MR) is 161 cm³/mol. The Morgan fingerprint density at radius 1 is 0.474 bits per heavy atom. The first-order chi connectivity index (χ1) is 17.8. The molecule has 2 aromatic heterocycles. The topological polar surface area (TPSA) is 9.86 Å². The first-order valence-corrected chi connectivity index (χ1v) is 14.2. The van der Waals surface area contributed by atoms with Crippen LogP contribution in [-0.2, 0) is 21.7 Å². The molecule has 0 saturated carbocycles.